The largest absolute Gasteiger partial charge is 0.484 e. The molecule has 1 aromatic carbocycles. The molecule has 0 saturated carbocycles. The van der Waals surface area contributed by atoms with Crippen LogP contribution in [-0.4, -0.2) is 46.2 Å². The summed E-state index contributed by atoms with van der Waals surface area (Å²) in [5.41, 5.74) is 0.446. The highest BCUT2D eigenvalue weighted by Crippen LogP contribution is 2.22. The zero-order valence-electron chi connectivity index (χ0n) is 11.9. The lowest BCUT2D eigenvalue weighted by Gasteiger charge is -2.38. The van der Waals surface area contributed by atoms with Gasteiger partial charge in [0.05, 0.1) is 18.7 Å². The molecular weight excluding hydrogens is 305 g/mol. The molecular formula is C15H14FN3O2S. The first-order valence-electron chi connectivity index (χ1n) is 6.74. The lowest BCUT2D eigenvalue weighted by atomic mass is 10.1. The third kappa shape index (κ3) is 3.04. The van der Waals surface area contributed by atoms with Gasteiger partial charge in [-0.2, -0.15) is 0 Å². The Kier molecular flexibility index (Phi) is 4.24. The van der Waals surface area contributed by atoms with Gasteiger partial charge in [-0.15, -0.1) is 0 Å². The molecule has 0 aliphatic carbocycles. The third-order valence-corrected chi connectivity index (χ3v) is 3.90. The predicted octanol–water partition coefficient (Wildman–Crippen LogP) is 2.24. The number of halogens is 1. The maximum atomic E-state index is 13.5. The smallest absolute Gasteiger partial charge is 0.257 e. The van der Waals surface area contributed by atoms with E-state index in [1.807, 2.05) is 6.26 Å². The van der Waals surface area contributed by atoms with Crippen molar-refractivity contribution in [3.05, 3.63) is 48.0 Å². The molecule has 0 bridgehead atoms. The summed E-state index contributed by atoms with van der Waals surface area (Å²) in [5.74, 6) is -0.318. The second-order valence-electron chi connectivity index (χ2n) is 4.84. The van der Waals surface area contributed by atoms with Crippen molar-refractivity contribution in [3.8, 4) is 5.75 Å². The summed E-state index contributed by atoms with van der Waals surface area (Å²) in [6.07, 6.45) is 4.72. The van der Waals surface area contributed by atoms with E-state index in [0.717, 1.165) is 0 Å². The SMILES string of the molecule is CSc1ncc(C(=O)N2CC(Oc3ccccc3F)C2)cn1. The minimum absolute atomic E-state index is 0.138. The number of rotatable bonds is 4. The monoisotopic (exact) mass is 319 g/mol. The molecule has 1 aliphatic heterocycles. The van der Waals surface area contributed by atoms with Crippen LogP contribution in [0.4, 0.5) is 4.39 Å². The van der Waals surface area contributed by atoms with Gasteiger partial charge in [0.15, 0.2) is 16.7 Å². The molecule has 114 valence electrons. The van der Waals surface area contributed by atoms with Crippen LogP contribution in [0.2, 0.25) is 0 Å². The second kappa shape index (κ2) is 6.31. The Labute approximate surface area is 131 Å². The normalized spacial score (nSPS) is 14.5. The highest BCUT2D eigenvalue weighted by molar-refractivity contribution is 7.98. The van der Waals surface area contributed by atoms with Gasteiger partial charge in [-0.05, 0) is 18.4 Å². The number of hydrogen-bond acceptors (Lipinski definition) is 5. The molecule has 0 unspecified atom stereocenters. The average molecular weight is 319 g/mol. The summed E-state index contributed by atoms with van der Waals surface area (Å²) >= 11 is 1.42. The molecule has 0 radical (unpaired) electrons. The van der Waals surface area contributed by atoms with Crippen molar-refractivity contribution in [2.75, 3.05) is 19.3 Å². The molecule has 0 spiro atoms. The fourth-order valence-corrected chi connectivity index (χ4v) is 2.43. The standard InChI is InChI=1S/C15H14FN3O2S/c1-22-15-17-6-10(7-18-15)14(20)19-8-11(9-19)21-13-5-3-2-4-12(13)16/h2-7,11H,8-9H2,1H3. The van der Waals surface area contributed by atoms with Crippen LogP contribution in [0.1, 0.15) is 10.4 Å². The van der Waals surface area contributed by atoms with E-state index in [2.05, 4.69) is 9.97 Å². The van der Waals surface area contributed by atoms with Gasteiger partial charge in [0, 0.05) is 12.4 Å². The summed E-state index contributed by atoms with van der Waals surface area (Å²) in [7, 11) is 0. The average Bonchev–Trinajstić information content (AvgIpc) is 2.51. The molecule has 3 rings (SSSR count). The lowest BCUT2D eigenvalue weighted by molar-refractivity contribution is 0.0163. The van der Waals surface area contributed by atoms with Crippen molar-refractivity contribution >= 4 is 17.7 Å². The maximum absolute atomic E-state index is 13.5. The number of hydrogen-bond donors (Lipinski definition) is 0. The van der Waals surface area contributed by atoms with E-state index in [1.54, 1.807) is 23.1 Å². The van der Waals surface area contributed by atoms with Crippen LogP contribution in [0, 0.1) is 5.82 Å². The topological polar surface area (TPSA) is 55.3 Å². The molecule has 0 N–H and O–H groups in total. The van der Waals surface area contributed by atoms with Crippen molar-refractivity contribution < 1.29 is 13.9 Å². The summed E-state index contributed by atoms with van der Waals surface area (Å²) in [5, 5.41) is 0.626. The number of nitrogens with zero attached hydrogens (tertiary/aromatic N) is 3. The van der Waals surface area contributed by atoms with Crippen LogP contribution in [0.3, 0.4) is 0 Å². The van der Waals surface area contributed by atoms with Crippen LogP contribution in [0.5, 0.6) is 5.75 Å². The summed E-state index contributed by atoms with van der Waals surface area (Å²) < 4.78 is 19.0. The number of thioether (sulfide) groups is 1. The first-order valence-corrected chi connectivity index (χ1v) is 7.96. The fraction of sp³-hybridized carbons (Fsp3) is 0.267. The van der Waals surface area contributed by atoms with Crippen molar-refractivity contribution in [1.82, 2.24) is 14.9 Å². The quantitative estimate of drug-likeness (QED) is 0.639. The Balaban J connectivity index is 1.56. The molecule has 1 aromatic heterocycles. The zero-order valence-corrected chi connectivity index (χ0v) is 12.7. The highest BCUT2D eigenvalue weighted by atomic mass is 32.2. The van der Waals surface area contributed by atoms with Crippen molar-refractivity contribution in [3.63, 3.8) is 0 Å². The van der Waals surface area contributed by atoms with E-state index in [4.69, 9.17) is 4.74 Å². The number of carbonyl (C=O) groups excluding carboxylic acids is 1. The first kappa shape index (κ1) is 14.8. The molecule has 22 heavy (non-hydrogen) atoms. The Morgan fingerprint density at radius 3 is 2.64 bits per heavy atom. The number of likely N-dealkylation sites (tertiary alicyclic amines) is 1. The van der Waals surface area contributed by atoms with Crippen LogP contribution >= 0.6 is 11.8 Å². The maximum Gasteiger partial charge on any atom is 0.257 e. The van der Waals surface area contributed by atoms with Gasteiger partial charge in [-0.25, -0.2) is 14.4 Å². The van der Waals surface area contributed by atoms with E-state index >= 15 is 0 Å². The van der Waals surface area contributed by atoms with E-state index in [1.165, 1.54) is 30.2 Å². The Bertz CT molecular complexity index is 675. The number of carbonyl (C=O) groups is 1. The molecule has 1 saturated heterocycles. The summed E-state index contributed by atoms with van der Waals surface area (Å²) in [6, 6.07) is 6.25. The molecule has 1 fully saturated rings. The van der Waals surface area contributed by atoms with Gasteiger partial charge in [0.2, 0.25) is 0 Å². The minimum atomic E-state index is -0.395. The van der Waals surface area contributed by atoms with Crippen LogP contribution in [0.25, 0.3) is 0 Å². The Morgan fingerprint density at radius 1 is 1.32 bits per heavy atom. The van der Waals surface area contributed by atoms with Gasteiger partial charge in [0.1, 0.15) is 6.10 Å². The van der Waals surface area contributed by atoms with Gasteiger partial charge >= 0.3 is 0 Å². The van der Waals surface area contributed by atoms with Gasteiger partial charge < -0.3 is 9.64 Å². The van der Waals surface area contributed by atoms with Crippen LogP contribution < -0.4 is 4.74 Å². The summed E-state index contributed by atoms with van der Waals surface area (Å²) in [6.45, 7) is 0.856. The van der Waals surface area contributed by atoms with E-state index in [0.29, 0.717) is 23.8 Å². The number of para-hydroxylation sites is 1. The van der Waals surface area contributed by atoms with Gasteiger partial charge in [-0.1, -0.05) is 23.9 Å². The van der Waals surface area contributed by atoms with Crippen LogP contribution in [0.15, 0.2) is 41.8 Å². The number of aromatic nitrogens is 2. The zero-order chi connectivity index (χ0) is 15.5. The Morgan fingerprint density at radius 2 is 2.00 bits per heavy atom. The molecule has 0 atom stereocenters. The first-order chi connectivity index (χ1) is 10.7. The second-order valence-corrected chi connectivity index (χ2v) is 5.61. The van der Waals surface area contributed by atoms with E-state index < -0.39 is 5.82 Å². The number of amides is 1. The van der Waals surface area contributed by atoms with Crippen molar-refractivity contribution in [1.29, 1.82) is 0 Å². The minimum Gasteiger partial charge on any atom is -0.484 e. The third-order valence-electron chi connectivity index (χ3n) is 3.32. The van der Waals surface area contributed by atoms with Crippen molar-refractivity contribution in [2.24, 2.45) is 0 Å². The highest BCUT2D eigenvalue weighted by Gasteiger charge is 2.33. The van der Waals surface area contributed by atoms with Crippen LogP contribution in [-0.2, 0) is 0 Å². The van der Waals surface area contributed by atoms with E-state index in [9.17, 15) is 9.18 Å². The molecule has 7 heteroatoms. The van der Waals surface area contributed by atoms with Gasteiger partial charge in [-0.3, -0.25) is 4.79 Å². The number of benzene rings is 1. The number of ether oxygens (including phenoxy) is 1. The van der Waals surface area contributed by atoms with Crippen molar-refractivity contribution in [2.45, 2.75) is 11.3 Å². The molecule has 5 nitrogen and oxygen atoms in total. The lowest BCUT2D eigenvalue weighted by Crippen LogP contribution is -2.56. The molecule has 1 amide bonds. The Hall–Kier alpha value is -2.15. The van der Waals surface area contributed by atoms with Gasteiger partial charge in [0.25, 0.3) is 5.91 Å². The molecule has 2 heterocycles. The molecule has 1 aliphatic rings. The van der Waals surface area contributed by atoms with E-state index in [-0.39, 0.29) is 17.8 Å². The fourth-order valence-electron chi connectivity index (χ4n) is 2.11. The summed E-state index contributed by atoms with van der Waals surface area (Å²) in [4.78, 5) is 22.0. The predicted molar refractivity (Wildman–Crippen MR) is 80.5 cm³/mol. The molecule has 2 aromatic rings.